The van der Waals surface area contributed by atoms with Crippen LogP contribution in [0.3, 0.4) is 0 Å². The van der Waals surface area contributed by atoms with Crippen LogP contribution in [0.4, 0.5) is 0 Å². The zero-order valence-corrected chi connectivity index (χ0v) is 15.5. The van der Waals surface area contributed by atoms with Crippen LogP contribution in [0.2, 0.25) is 14.4 Å². The third kappa shape index (κ3) is 4.59. The summed E-state index contributed by atoms with van der Waals surface area (Å²) in [5.41, 5.74) is 0. The lowest BCUT2D eigenvalue weighted by Crippen LogP contribution is -2.33. The highest BCUT2D eigenvalue weighted by atomic mass is 35.5. The van der Waals surface area contributed by atoms with E-state index in [9.17, 15) is 13.2 Å². The molecule has 23 heavy (non-hydrogen) atoms. The molecule has 5 nitrogen and oxygen atoms in total. The monoisotopic (exact) mass is 413 g/mol. The topological polar surface area (TPSA) is 63.7 Å². The Bertz CT molecular complexity index is 835. The molecule has 124 valence electrons. The van der Waals surface area contributed by atoms with Gasteiger partial charge in [0.15, 0.2) is 0 Å². The van der Waals surface area contributed by atoms with Gasteiger partial charge in [0.05, 0.1) is 14.4 Å². The van der Waals surface area contributed by atoms with Gasteiger partial charge in [0.2, 0.25) is 0 Å². The number of carbonyl (C=O) groups is 1. The van der Waals surface area contributed by atoms with Crippen molar-refractivity contribution in [2.45, 2.75) is 4.21 Å². The molecule has 0 amide bonds. The Morgan fingerprint density at radius 1 is 1.17 bits per heavy atom. The summed E-state index contributed by atoms with van der Waals surface area (Å²) in [5, 5.41) is 0.548. The first-order valence-corrected chi connectivity index (χ1v) is 9.46. The van der Waals surface area contributed by atoms with Gasteiger partial charge in [-0.05, 0) is 24.3 Å². The lowest BCUT2D eigenvalue weighted by Gasteiger charge is -2.15. The van der Waals surface area contributed by atoms with Gasteiger partial charge in [0.25, 0.3) is 10.0 Å². The summed E-state index contributed by atoms with van der Waals surface area (Å²) in [7, 11) is -2.52. The Hall–Kier alpha value is -0.830. The van der Waals surface area contributed by atoms with Gasteiger partial charge >= 0.3 is 5.97 Å². The van der Waals surface area contributed by atoms with E-state index in [1.54, 1.807) is 0 Å². The van der Waals surface area contributed by atoms with E-state index in [2.05, 4.69) is 0 Å². The lowest BCUT2D eigenvalue weighted by atomic mass is 10.3. The number of thiophene rings is 1. The number of esters is 1. The summed E-state index contributed by atoms with van der Waals surface area (Å²) in [4.78, 5) is 11.9. The van der Waals surface area contributed by atoms with Crippen molar-refractivity contribution in [3.05, 3.63) is 44.7 Å². The summed E-state index contributed by atoms with van der Waals surface area (Å²) in [6, 6.07) is 7.15. The van der Waals surface area contributed by atoms with Crippen molar-refractivity contribution in [2.75, 3.05) is 13.6 Å². The fourth-order valence-electron chi connectivity index (χ4n) is 1.56. The van der Waals surface area contributed by atoms with Crippen LogP contribution in [0.25, 0.3) is 0 Å². The first-order valence-electron chi connectivity index (χ1n) is 6.07. The standard InChI is InChI=1S/C13H10Cl3NO4S2/c1-17(23(19,20)13-5-4-11(16)22-13)7-12(18)21-8-2-3-9(14)10(15)6-8/h2-6H,7H2,1H3. The van der Waals surface area contributed by atoms with Crippen molar-refractivity contribution >= 4 is 62.1 Å². The quantitative estimate of drug-likeness (QED) is 0.549. The minimum Gasteiger partial charge on any atom is -0.425 e. The second-order valence-electron chi connectivity index (χ2n) is 4.37. The number of hydrogen-bond acceptors (Lipinski definition) is 5. The zero-order valence-electron chi connectivity index (χ0n) is 11.6. The molecular weight excluding hydrogens is 405 g/mol. The number of likely N-dealkylation sites (N-methyl/N-ethyl adjacent to an activating group) is 1. The Labute approximate surface area is 152 Å². The molecule has 0 aliphatic heterocycles. The van der Waals surface area contributed by atoms with Crippen LogP contribution in [-0.2, 0) is 14.8 Å². The highest BCUT2D eigenvalue weighted by Gasteiger charge is 2.25. The number of ether oxygens (including phenoxy) is 1. The number of rotatable bonds is 5. The molecular formula is C13H10Cl3NO4S2. The Balaban J connectivity index is 2.06. The van der Waals surface area contributed by atoms with Crippen LogP contribution in [0, 0.1) is 0 Å². The number of carbonyl (C=O) groups excluding carboxylic acids is 1. The van der Waals surface area contributed by atoms with Gasteiger partial charge < -0.3 is 4.74 Å². The maximum atomic E-state index is 12.3. The Morgan fingerprint density at radius 3 is 2.43 bits per heavy atom. The molecule has 1 heterocycles. The first kappa shape index (κ1) is 18.5. The second kappa shape index (κ2) is 7.38. The summed E-state index contributed by atoms with van der Waals surface area (Å²) in [5.74, 6) is -0.577. The van der Waals surface area contributed by atoms with Crippen LogP contribution >= 0.6 is 46.1 Å². The predicted octanol–water partition coefficient (Wildman–Crippen LogP) is 3.93. The van der Waals surface area contributed by atoms with E-state index in [4.69, 9.17) is 39.5 Å². The van der Waals surface area contributed by atoms with E-state index in [0.29, 0.717) is 9.36 Å². The first-order chi connectivity index (χ1) is 10.7. The van der Waals surface area contributed by atoms with Crippen molar-refractivity contribution in [3.63, 3.8) is 0 Å². The predicted molar refractivity (Wildman–Crippen MR) is 91.2 cm³/mol. The number of benzene rings is 1. The zero-order chi connectivity index (χ0) is 17.2. The van der Waals surface area contributed by atoms with Crippen molar-refractivity contribution < 1.29 is 17.9 Å². The van der Waals surface area contributed by atoms with Crippen LogP contribution in [0.5, 0.6) is 5.75 Å². The minimum absolute atomic E-state index is 0.0485. The van der Waals surface area contributed by atoms with E-state index < -0.39 is 22.5 Å². The molecule has 0 saturated heterocycles. The van der Waals surface area contributed by atoms with Gasteiger partial charge in [-0.3, -0.25) is 4.79 Å². The second-order valence-corrected chi connectivity index (χ2v) is 9.17. The van der Waals surface area contributed by atoms with E-state index >= 15 is 0 Å². The third-order valence-electron chi connectivity index (χ3n) is 2.69. The molecule has 1 aromatic carbocycles. The molecule has 0 aliphatic carbocycles. The summed E-state index contributed by atoms with van der Waals surface area (Å²) in [6.07, 6.45) is 0. The van der Waals surface area contributed by atoms with E-state index in [-0.39, 0.29) is 15.0 Å². The van der Waals surface area contributed by atoms with Gasteiger partial charge in [0.1, 0.15) is 16.5 Å². The van der Waals surface area contributed by atoms with Crippen molar-refractivity contribution in [1.29, 1.82) is 0 Å². The minimum atomic E-state index is -3.80. The average Bonchev–Trinajstić information content (AvgIpc) is 2.90. The van der Waals surface area contributed by atoms with Gasteiger partial charge in [-0.25, -0.2) is 8.42 Å². The van der Waals surface area contributed by atoms with E-state index in [0.717, 1.165) is 15.6 Å². The lowest BCUT2D eigenvalue weighted by molar-refractivity contribution is -0.134. The molecule has 0 unspecified atom stereocenters. The fourth-order valence-corrected chi connectivity index (χ4v) is 4.66. The average molecular weight is 415 g/mol. The van der Waals surface area contributed by atoms with Gasteiger partial charge in [-0.15, -0.1) is 11.3 Å². The van der Waals surface area contributed by atoms with Crippen molar-refractivity contribution in [1.82, 2.24) is 4.31 Å². The number of nitrogens with zero attached hydrogens (tertiary/aromatic N) is 1. The maximum absolute atomic E-state index is 12.3. The van der Waals surface area contributed by atoms with Crippen molar-refractivity contribution in [2.24, 2.45) is 0 Å². The van der Waals surface area contributed by atoms with E-state index in [1.807, 2.05) is 0 Å². The van der Waals surface area contributed by atoms with Crippen molar-refractivity contribution in [3.8, 4) is 5.75 Å². The largest absolute Gasteiger partial charge is 0.425 e. The molecule has 1 aromatic heterocycles. The highest BCUT2D eigenvalue weighted by Crippen LogP contribution is 2.28. The molecule has 0 aliphatic rings. The molecule has 0 fully saturated rings. The molecule has 10 heteroatoms. The molecule has 0 atom stereocenters. The smallest absolute Gasteiger partial charge is 0.326 e. The molecule has 0 radical (unpaired) electrons. The molecule has 0 bridgehead atoms. The third-order valence-corrected chi connectivity index (χ3v) is 6.93. The molecule has 2 rings (SSSR count). The molecule has 0 spiro atoms. The van der Waals surface area contributed by atoms with Crippen LogP contribution < -0.4 is 4.74 Å². The molecule has 2 aromatic rings. The Kier molecular flexibility index (Phi) is 5.94. The van der Waals surface area contributed by atoms with Crippen LogP contribution in [-0.4, -0.2) is 32.3 Å². The maximum Gasteiger partial charge on any atom is 0.326 e. The number of hydrogen-bond donors (Lipinski definition) is 0. The number of halogens is 3. The SMILES string of the molecule is CN(CC(=O)Oc1ccc(Cl)c(Cl)c1)S(=O)(=O)c1ccc(Cl)s1. The van der Waals surface area contributed by atoms with Crippen LogP contribution in [0.15, 0.2) is 34.5 Å². The highest BCUT2D eigenvalue weighted by molar-refractivity contribution is 7.91. The van der Waals surface area contributed by atoms with Gasteiger partial charge in [0, 0.05) is 13.1 Å². The van der Waals surface area contributed by atoms with E-state index in [1.165, 1.54) is 37.4 Å². The summed E-state index contributed by atoms with van der Waals surface area (Å²) in [6.45, 7) is -0.460. The molecule has 0 saturated carbocycles. The van der Waals surface area contributed by atoms with Gasteiger partial charge in [-0.1, -0.05) is 34.8 Å². The van der Waals surface area contributed by atoms with Gasteiger partial charge in [-0.2, -0.15) is 4.31 Å². The normalized spacial score (nSPS) is 11.7. The molecule has 0 N–H and O–H groups in total. The summed E-state index contributed by atoms with van der Waals surface area (Å²) >= 11 is 18.2. The number of sulfonamides is 1. The Morgan fingerprint density at radius 2 is 1.87 bits per heavy atom. The summed E-state index contributed by atoms with van der Waals surface area (Å²) < 4.78 is 30.8. The van der Waals surface area contributed by atoms with Crippen LogP contribution in [0.1, 0.15) is 0 Å². The fraction of sp³-hybridized carbons (Fsp3) is 0.154.